The van der Waals surface area contributed by atoms with E-state index in [2.05, 4.69) is 17.2 Å². The summed E-state index contributed by atoms with van der Waals surface area (Å²) in [6.45, 7) is 0.653. The quantitative estimate of drug-likeness (QED) is 0.469. The molecule has 0 radical (unpaired) electrons. The van der Waals surface area contributed by atoms with Crippen molar-refractivity contribution in [2.75, 3.05) is 17.4 Å². The highest BCUT2D eigenvalue weighted by Crippen LogP contribution is 2.25. The maximum absolute atomic E-state index is 5.61. The Morgan fingerprint density at radius 1 is 1.04 bits per heavy atom. The molecule has 0 saturated heterocycles. The molecule has 3 aromatic rings. The van der Waals surface area contributed by atoms with Crippen molar-refractivity contribution in [2.24, 2.45) is 0 Å². The molecule has 0 spiro atoms. The molecule has 0 atom stereocenters. The third kappa shape index (κ3) is 4.23. The fourth-order valence-corrected chi connectivity index (χ4v) is 3.23. The zero-order chi connectivity index (χ0) is 17.6. The fraction of sp³-hybridized carbons (Fsp3) is 0.167. The van der Waals surface area contributed by atoms with Gasteiger partial charge in [0.15, 0.2) is 0 Å². The lowest BCUT2D eigenvalue weighted by Gasteiger charge is -2.23. The molecule has 0 bridgehead atoms. The van der Waals surface area contributed by atoms with E-state index in [-0.39, 0.29) is 0 Å². The molecule has 0 aliphatic rings. The van der Waals surface area contributed by atoms with E-state index in [1.165, 1.54) is 29.1 Å². The van der Waals surface area contributed by atoms with E-state index in [0.29, 0.717) is 6.54 Å². The smallest absolute Gasteiger partial charge is 0.235 e. The highest BCUT2D eigenvalue weighted by molar-refractivity contribution is 8.22. The van der Waals surface area contributed by atoms with Gasteiger partial charge in [0.05, 0.1) is 12.2 Å². The van der Waals surface area contributed by atoms with E-state index in [9.17, 15) is 0 Å². The first kappa shape index (κ1) is 18.0. The lowest BCUT2D eigenvalue weighted by Crippen LogP contribution is -2.29. The van der Waals surface area contributed by atoms with Gasteiger partial charge in [0, 0.05) is 0 Å². The molecule has 2 aromatic carbocycles. The van der Waals surface area contributed by atoms with Crippen LogP contribution in [-0.2, 0) is 6.54 Å². The first-order valence-corrected chi connectivity index (χ1v) is 10.5. The summed E-state index contributed by atoms with van der Waals surface area (Å²) in [6, 6.07) is 20.3. The van der Waals surface area contributed by atoms with E-state index in [0.717, 1.165) is 21.1 Å². The summed E-state index contributed by atoms with van der Waals surface area (Å²) in [5.41, 5.74) is 2.14. The van der Waals surface area contributed by atoms with Crippen LogP contribution >= 0.6 is 35.7 Å². The van der Waals surface area contributed by atoms with Crippen LogP contribution in [0.5, 0.6) is 0 Å². The number of aromatic nitrogens is 3. The van der Waals surface area contributed by atoms with Gasteiger partial charge in [-0.05, 0) is 30.2 Å². The number of benzene rings is 2. The second-order valence-electron chi connectivity index (χ2n) is 5.19. The molecule has 0 fully saturated rings. The Morgan fingerprint density at radius 3 is 2.28 bits per heavy atom. The van der Waals surface area contributed by atoms with Crippen LogP contribution in [0.3, 0.4) is 0 Å². The number of rotatable bonds is 5. The van der Waals surface area contributed by atoms with Crippen LogP contribution in [0, 0.1) is 0 Å². The van der Waals surface area contributed by atoms with Crippen molar-refractivity contribution in [2.45, 2.75) is 11.7 Å². The van der Waals surface area contributed by atoms with E-state index < -0.39 is 0 Å². The number of para-hydroxylation sites is 1. The minimum absolute atomic E-state index is 0.653. The average molecular weight is 387 g/mol. The molecule has 0 saturated carbocycles. The number of thiocarbonyl (C=S) groups is 1. The minimum Gasteiger partial charge on any atom is -0.291 e. The summed E-state index contributed by atoms with van der Waals surface area (Å²) in [6.07, 6.45) is 3.96. The SMILES string of the molecule is CSC(=S)N(Cc1ccccc1)c1nc(SC)nn1-c1ccccc1. The molecule has 0 amide bonds. The molecule has 0 aliphatic carbocycles. The van der Waals surface area contributed by atoms with E-state index >= 15 is 0 Å². The molecule has 0 unspecified atom stereocenters. The lowest BCUT2D eigenvalue weighted by molar-refractivity contribution is 0.818. The molecule has 128 valence electrons. The van der Waals surface area contributed by atoms with E-state index in [4.69, 9.17) is 17.2 Å². The predicted octanol–water partition coefficient (Wildman–Crippen LogP) is 4.64. The van der Waals surface area contributed by atoms with Gasteiger partial charge in [0.2, 0.25) is 11.1 Å². The average Bonchev–Trinajstić information content (AvgIpc) is 3.11. The normalized spacial score (nSPS) is 10.6. The predicted molar refractivity (Wildman–Crippen MR) is 112 cm³/mol. The van der Waals surface area contributed by atoms with Crippen LogP contribution in [0.25, 0.3) is 5.69 Å². The molecular formula is C18H18N4S3. The van der Waals surface area contributed by atoms with Crippen molar-refractivity contribution >= 4 is 46.0 Å². The van der Waals surface area contributed by atoms with Crippen molar-refractivity contribution < 1.29 is 0 Å². The van der Waals surface area contributed by atoms with Gasteiger partial charge in [-0.3, -0.25) is 4.90 Å². The third-order valence-corrected chi connectivity index (χ3v) is 5.40. The van der Waals surface area contributed by atoms with Crippen molar-refractivity contribution in [1.29, 1.82) is 0 Å². The Kier molecular flexibility index (Phi) is 6.12. The van der Waals surface area contributed by atoms with Gasteiger partial charge in [-0.1, -0.05) is 84.3 Å². The zero-order valence-electron chi connectivity index (χ0n) is 14.0. The number of hydrogen-bond donors (Lipinski definition) is 0. The summed E-state index contributed by atoms with van der Waals surface area (Å²) in [5, 5.41) is 5.36. The highest BCUT2D eigenvalue weighted by Gasteiger charge is 2.21. The highest BCUT2D eigenvalue weighted by atomic mass is 32.2. The van der Waals surface area contributed by atoms with Gasteiger partial charge in [-0.25, -0.2) is 0 Å². The fourth-order valence-electron chi connectivity index (χ4n) is 2.38. The van der Waals surface area contributed by atoms with Crippen LogP contribution in [-0.4, -0.2) is 31.6 Å². The largest absolute Gasteiger partial charge is 0.291 e. The second-order valence-corrected chi connectivity index (χ2v) is 7.40. The molecule has 4 nitrogen and oxygen atoms in total. The molecule has 25 heavy (non-hydrogen) atoms. The third-order valence-electron chi connectivity index (χ3n) is 3.57. The van der Waals surface area contributed by atoms with Gasteiger partial charge in [-0.15, -0.1) is 5.10 Å². The van der Waals surface area contributed by atoms with Gasteiger partial charge in [0.25, 0.3) is 0 Å². The molecule has 1 heterocycles. The number of hydrogen-bond acceptors (Lipinski definition) is 5. The summed E-state index contributed by atoms with van der Waals surface area (Å²) in [4.78, 5) is 6.75. The molecular weight excluding hydrogens is 368 g/mol. The first-order valence-electron chi connectivity index (χ1n) is 7.69. The van der Waals surface area contributed by atoms with Crippen LogP contribution in [0.1, 0.15) is 5.56 Å². The lowest BCUT2D eigenvalue weighted by atomic mass is 10.2. The Labute approximate surface area is 161 Å². The Morgan fingerprint density at radius 2 is 1.68 bits per heavy atom. The monoisotopic (exact) mass is 386 g/mol. The number of thioether (sulfide) groups is 2. The topological polar surface area (TPSA) is 34.0 Å². The summed E-state index contributed by atoms with van der Waals surface area (Å²) in [7, 11) is 0. The van der Waals surface area contributed by atoms with Crippen LogP contribution < -0.4 is 4.90 Å². The number of nitrogens with zero attached hydrogens (tertiary/aromatic N) is 4. The summed E-state index contributed by atoms with van der Waals surface area (Å²) < 4.78 is 2.62. The Hall–Kier alpha value is -1.83. The van der Waals surface area contributed by atoms with Crippen LogP contribution in [0.15, 0.2) is 65.8 Å². The minimum atomic E-state index is 0.653. The van der Waals surface area contributed by atoms with Gasteiger partial charge in [0.1, 0.15) is 4.32 Å². The van der Waals surface area contributed by atoms with Crippen molar-refractivity contribution in [3.05, 3.63) is 66.2 Å². The molecule has 0 aliphatic heterocycles. The first-order chi connectivity index (χ1) is 12.2. The second kappa shape index (κ2) is 8.51. The maximum atomic E-state index is 5.61. The molecule has 7 heteroatoms. The van der Waals surface area contributed by atoms with Crippen molar-refractivity contribution in [3.63, 3.8) is 0 Å². The van der Waals surface area contributed by atoms with Crippen LogP contribution in [0.4, 0.5) is 5.95 Å². The Balaban J connectivity index is 2.06. The van der Waals surface area contributed by atoms with Gasteiger partial charge in [-0.2, -0.15) is 9.67 Å². The molecule has 1 aromatic heterocycles. The Bertz CT molecular complexity index is 834. The molecule has 0 N–H and O–H groups in total. The standard InChI is InChI=1S/C18H18N4S3/c1-24-16-19-17(22(20-16)15-11-7-4-8-12-15)21(18(23)25-2)13-14-9-5-3-6-10-14/h3-12H,13H2,1-2H3. The van der Waals surface area contributed by atoms with Crippen molar-refractivity contribution in [1.82, 2.24) is 14.8 Å². The summed E-state index contributed by atoms with van der Waals surface area (Å²) in [5.74, 6) is 0.735. The maximum Gasteiger partial charge on any atom is 0.235 e. The summed E-state index contributed by atoms with van der Waals surface area (Å²) >= 11 is 8.67. The van der Waals surface area contributed by atoms with Gasteiger partial charge >= 0.3 is 0 Å². The van der Waals surface area contributed by atoms with E-state index in [1.54, 1.807) is 0 Å². The zero-order valence-corrected chi connectivity index (χ0v) is 16.4. The van der Waals surface area contributed by atoms with Crippen molar-refractivity contribution in [3.8, 4) is 5.69 Å². The van der Waals surface area contributed by atoms with E-state index in [1.807, 2.05) is 70.6 Å². The molecule has 3 rings (SSSR count). The number of anilines is 1. The van der Waals surface area contributed by atoms with Gasteiger partial charge < -0.3 is 0 Å². The van der Waals surface area contributed by atoms with Crippen LogP contribution in [0.2, 0.25) is 0 Å².